The SMILES string of the molecule is CNc1cc(Nc2cccn([C@H]3C[C@@H]3F)c2=O)nc2c(C(=O)N[C@H]3CC[C@]3(C)OC)cnn12. The predicted molar refractivity (Wildman–Crippen MR) is 121 cm³/mol. The summed E-state index contributed by atoms with van der Waals surface area (Å²) in [5.41, 5.74) is 0.200. The summed E-state index contributed by atoms with van der Waals surface area (Å²) in [6.07, 6.45) is 4.10. The van der Waals surface area contributed by atoms with E-state index in [0.717, 1.165) is 12.8 Å². The molecule has 3 aromatic rings. The Kier molecular flexibility index (Phi) is 5.08. The van der Waals surface area contributed by atoms with Gasteiger partial charge >= 0.3 is 0 Å². The molecule has 33 heavy (non-hydrogen) atoms. The maximum absolute atomic E-state index is 13.5. The minimum atomic E-state index is -0.994. The minimum Gasteiger partial charge on any atom is -0.376 e. The third kappa shape index (κ3) is 3.62. The summed E-state index contributed by atoms with van der Waals surface area (Å²) >= 11 is 0. The van der Waals surface area contributed by atoms with E-state index in [-0.39, 0.29) is 28.8 Å². The van der Waals surface area contributed by atoms with Gasteiger partial charge in [-0.15, -0.1) is 0 Å². The largest absolute Gasteiger partial charge is 0.376 e. The van der Waals surface area contributed by atoms with Gasteiger partial charge in [0, 0.05) is 32.8 Å². The van der Waals surface area contributed by atoms with Gasteiger partial charge in [-0.3, -0.25) is 9.59 Å². The van der Waals surface area contributed by atoms with Crippen molar-refractivity contribution in [3.63, 3.8) is 0 Å². The van der Waals surface area contributed by atoms with Crippen molar-refractivity contribution in [2.75, 3.05) is 24.8 Å². The normalized spacial score (nSPS) is 26.0. The number of hydrogen-bond donors (Lipinski definition) is 3. The number of halogens is 1. The third-order valence-corrected chi connectivity index (χ3v) is 6.69. The Morgan fingerprint density at radius 2 is 2.18 bits per heavy atom. The molecule has 0 unspecified atom stereocenters. The number of nitrogens with zero attached hydrogens (tertiary/aromatic N) is 4. The van der Waals surface area contributed by atoms with Gasteiger partial charge in [0.05, 0.1) is 23.9 Å². The maximum Gasteiger partial charge on any atom is 0.274 e. The molecule has 10 nitrogen and oxygen atoms in total. The van der Waals surface area contributed by atoms with Crippen molar-refractivity contribution in [3.05, 3.63) is 46.5 Å². The zero-order chi connectivity index (χ0) is 23.3. The van der Waals surface area contributed by atoms with Crippen molar-refractivity contribution in [1.82, 2.24) is 24.5 Å². The summed E-state index contributed by atoms with van der Waals surface area (Å²) < 4.78 is 22.0. The minimum absolute atomic E-state index is 0.0976. The molecular weight excluding hydrogens is 429 g/mol. The van der Waals surface area contributed by atoms with Crippen molar-refractivity contribution in [3.8, 4) is 0 Å². The number of ether oxygens (including phenoxy) is 1. The summed E-state index contributed by atoms with van der Waals surface area (Å²) in [5, 5.41) is 13.4. The second kappa shape index (κ2) is 7.84. The number of nitrogens with one attached hydrogen (secondary N) is 3. The molecule has 0 bridgehead atoms. The number of pyridine rings is 1. The fourth-order valence-electron chi connectivity index (χ4n) is 4.21. The molecule has 0 saturated heterocycles. The number of aromatic nitrogens is 4. The lowest BCUT2D eigenvalue weighted by atomic mass is 9.76. The highest BCUT2D eigenvalue weighted by Gasteiger charge is 2.44. The Bertz CT molecular complexity index is 1280. The Labute approximate surface area is 189 Å². The van der Waals surface area contributed by atoms with Crippen LogP contribution >= 0.6 is 0 Å². The summed E-state index contributed by atoms with van der Waals surface area (Å²) in [4.78, 5) is 30.4. The van der Waals surface area contributed by atoms with Crippen LogP contribution in [0.2, 0.25) is 0 Å². The van der Waals surface area contributed by atoms with Gasteiger partial charge in [-0.2, -0.15) is 9.61 Å². The van der Waals surface area contributed by atoms with E-state index in [1.165, 1.54) is 15.3 Å². The molecule has 0 spiro atoms. The van der Waals surface area contributed by atoms with E-state index in [9.17, 15) is 14.0 Å². The topological polar surface area (TPSA) is 115 Å². The van der Waals surface area contributed by atoms with E-state index in [1.54, 1.807) is 38.6 Å². The number of amides is 1. The first-order valence-corrected chi connectivity index (χ1v) is 10.9. The van der Waals surface area contributed by atoms with Crippen LogP contribution in [-0.4, -0.2) is 57.0 Å². The number of fused-ring (bicyclic) bond motifs is 1. The van der Waals surface area contributed by atoms with Gasteiger partial charge in [0.15, 0.2) is 5.65 Å². The Hall–Kier alpha value is -3.47. The van der Waals surface area contributed by atoms with E-state index in [0.29, 0.717) is 29.3 Å². The molecule has 3 heterocycles. The average Bonchev–Trinajstić information content (AvgIpc) is 3.37. The van der Waals surface area contributed by atoms with Crippen molar-refractivity contribution in [2.24, 2.45) is 0 Å². The van der Waals surface area contributed by atoms with E-state index >= 15 is 0 Å². The number of rotatable bonds is 7. The smallest absolute Gasteiger partial charge is 0.274 e. The highest BCUT2D eigenvalue weighted by atomic mass is 19.1. The number of hydrogen-bond acceptors (Lipinski definition) is 7. The van der Waals surface area contributed by atoms with Crippen molar-refractivity contribution in [1.29, 1.82) is 0 Å². The van der Waals surface area contributed by atoms with Gasteiger partial charge < -0.3 is 25.3 Å². The summed E-state index contributed by atoms with van der Waals surface area (Å²) in [7, 11) is 3.36. The number of carbonyl (C=O) groups is 1. The Balaban J connectivity index is 1.46. The molecule has 0 aliphatic heterocycles. The lowest BCUT2D eigenvalue weighted by Crippen LogP contribution is -2.59. The van der Waals surface area contributed by atoms with Gasteiger partial charge in [-0.05, 0) is 31.9 Å². The van der Waals surface area contributed by atoms with Gasteiger partial charge in [0.25, 0.3) is 11.5 Å². The highest BCUT2D eigenvalue weighted by molar-refractivity contribution is 6.00. The number of methoxy groups -OCH3 is 1. The molecule has 1 amide bonds. The van der Waals surface area contributed by atoms with Crippen LogP contribution in [0.25, 0.3) is 5.65 Å². The summed E-state index contributed by atoms with van der Waals surface area (Å²) in [6.45, 7) is 1.97. The Morgan fingerprint density at radius 3 is 2.82 bits per heavy atom. The van der Waals surface area contributed by atoms with Crippen LogP contribution in [0.1, 0.15) is 42.6 Å². The molecule has 0 aromatic carbocycles. The third-order valence-electron chi connectivity index (χ3n) is 6.69. The van der Waals surface area contributed by atoms with Gasteiger partial charge in [0.1, 0.15) is 29.1 Å². The quantitative estimate of drug-likeness (QED) is 0.501. The molecule has 3 N–H and O–H groups in total. The van der Waals surface area contributed by atoms with Crippen LogP contribution in [0.4, 0.5) is 21.7 Å². The highest BCUT2D eigenvalue weighted by Crippen LogP contribution is 2.38. The monoisotopic (exact) mass is 455 g/mol. The van der Waals surface area contributed by atoms with Crippen molar-refractivity contribution < 1.29 is 13.9 Å². The van der Waals surface area contributed by atoms with Crippen molar-refractivity contribution >= 4 is 28.9 Å². The number of anilines is 3. The molecule has 4 atom stereocenters. The maximum atomic E-state index is 13.5. The van der Waals surface area contributed by atoms with Crippen molar-refractivity contribution in [2.45, 2.75) is 50.0 Å². The van der Waals surface area contributed by atoms with Crippen LogP contribution in [0.15, 0.2) is 35.4 Å². The molecule has 2 saturated carbocycles. The van der Waals surface area contributed by atoms with Crippen LogP contribution in [0, 0.1) is 0 Å². The van der Waals surface area contributed by atoms with Crippen LogP contribution in [-0.2, 0) is 4.74 Å². The van der Waals surface area contributed by atoms with Crippen LogP contribution in [0.3, 0.4) is 0 Å². The molecule has 2 aliphatic rings. The summed E-state index contributed by atoms with van der Waals surface area (Å²) in [5.74, 6) is 0.637. The molecule has 2 aliphatic carbocycles. The molecule has 174 valence electrons. The first-order chi connectivity index (χ1) is 15.8. The fraction of sp³-hybridized carbons (Fsp3) is 0.455. The second-order valence-electron chi connectivity index (χ2n) is 8.73. The van der Waals surface area contributed by atoms with E-state index in [2.05, 4.69) is 26.0 Å². The van der Waals surface area contributed by atoms with E-state index < -0.39 is 12.2 Å². The molecule has 2 fully saturated rings. The van der Waals surface area contributed by atoms with Crippen LogP contribution < -0.4 is 21.5 Å². The molecular formula is C22H26FN7O3. The Morgan fingerprint density at radius 1 is 1.39 bits per heavy atom. The van der Waals surface area contributed by atoms with Crippen LogP contribution in [0.5, 0.6) is 0 Å². The van der Waals surface area contributed by atoms with E-state index in [4.69, 9.17) is 4.74 Å². The van der Waals surface area contributed by atoms with Gasteiger partial charge in [0.2, 0.25) is 0 Å². The first-order valence-electron chi connectivity index (χ1n) is 10.9. The second-order valence-corrected chi connectivity index (χ2v) is 8.73. The van der Waals surface area contributed by atoms with Gasteiger partial charge in [-0.1, -0.05) is 0 Å². The lowest BCUT2D eigenvalue weighted by molar-refractivity contribution is -0.0828. The zero-order valence-corrected chi connectivity index (χ0v) is 18.6. The standard InChI is InChI=1S/C22H26FN7O3/c1-22(33-3)7-6-16(22)27-20(31)12-11-25-30-18(24-2)10-17(28-19(12)30)26-14-5-4-8-29(21(14)32)15-9-13(15)23/h4-5,8,10-11,13,15-16,24H,6-7,9H2,1-3H3,(H,26,28)(H,27,31)/t13-,15-,16-,22-/m0/s1. The molecule has 5 rings (SSSR count). The van der Waals surface area contributed by atoms with E-state index in [1.807, 2.05) is 6.92 Å². The van der Waals surface area contributed by atoms with Gasteiger partial charge in [-0.25, -0.2) is 9.37 Å². The molecule has 0 radical (unpaired) electrons. The average molecular weight is 455 g/mol. The lowest BCUT2D eigenvalue weighted by Gasteiger charge is -2.45. The number of alkyl halides is 1. The zero-order valence-electron chi connectivity index (χ0n) is 18.6. The first kappa shape index (κ1) is 21.4. The predicted octanol–water partition coefficient (Wildman–Crippen LogP) is 2.26. The molecule has 11 heteroatoms. The number of carbonyl (C=O) groups excluding carboxylic acids is 1. The summed E-state index contributed by atoms with van der Waals surface area (Å²) in [6, 6.07) is 4.47. The molecule has 3 aromatic heterocycles. The fourth-order valence-corrected chi connectivity index (χ4v) is 4.21.